The first kappa shape index (κ1) is 272. The van der Waals surface area contributed by atoms with Gasteiger partial charge in [0, 0.05) is 0 Å². The second kappa shape index (κ2) is 0. The van der Waals surface area contributed by atoms with E-state index in [1.165, 1.54) is 0 Å². The van der Waals surface area contributed by atoms with Gasteiger partial charge in [-0.15, -0.1) is 0 Å². The molecule has 0 amide bonds. The monoisotopic (exact) mass is 264 g/mol. The van der Waals surface area contributed by atoms with E-state index in [-0.39, 0.29) is 66.8 Å². The summed E-state index contributed by atoms with van der Waals surface area (Å²) in [6.07, 6.45) is 0. The smallest absolute Gasteiger partial charge is 0.0683 e. The third-order valence-electron chi connectivity index (χ3n) is 0. The number of hydrogen-bond acceptors (Lipinski definition) is 0. The van der Waals surface area contributed by atoms with Crippen molar-refractivity contribution in [2.24, 2.45) is 0 Å². The largest absolute Gasteiger partial charge is 0.0776 e. The fourth-order valence-corrected chi connectivity index (χ4v) is 0. The zero-order valence-corrected chi connectivity index (χ0v) is 8.00. The van der Waals surface area contributed by atoms with Crippen LogP contribution in [-0.4, -0.2) is 0 Å². The van der Waals surface area contributed by atoms with Gasteiger partial charge in [0.2, 0.25) is 0 Å². The van der Waals surface area contributed by atoms with Crippen molar-refractivity contribution in [1.82, 2.24) is 0 Å². The molecule has 0 atom stereocenters. The van der Waals surface area contributed by atoms with Crippen molar-refractivity contribution in [2.75, 3.05) is 0 Å². The normalized spacial score (nSPS) is 1.41. The summed E-state index contributed by atoms with van der Waals surface area (Å²) in [6.45, 7) is 16.0. The summed E-state index contributed by atoms with van der Waals surface area (Å²) in [5.74, 6) is 0. The molecule has 0 heterocycles. The average Bonchev–Trinajstić information content (AvgIpc) is 2.03. The zero-order chi connectivity index (χ0) is 8.00. The predicted molar refractivity (Wildman–Crippen MR) is 106 cm³/mol. The van der Waals surface area contributed by atoms with Crippen LogP contribution in [0.25, 0.3) is 0 Å². The quantitative estimate of drug-likeness (QED) is 0.408. The van der Waals surface area contributed by atoms with Gasteiger partial charge in [0.05, 0.1) is 0 Å². The molecule has 0 saturated carbocycles. The molecule has 17 heavy (non-hydrogen) atoms. The van der Waals surface area contributed by atoms with Crippen LogP contribution in [-0.2, 0) is 0 Å². The first-order valence-electron chi connectivity index (χ1n) is 4.00. The van der Waals surface area contributed by atoms with Crippen LogP contribution in [0, 0.1) is 0 Å². The van der Waals surface area contributed by atoms with E-state index in [1.807, 2.05) is 55.4 Å². The van der Waals surface area contributed by atoms with E-state index in [0.717, 1.165) is 0 Å². The van der Waals surface area contributed by atoms with Crippen LogP contribution in [0.3, 0.4) is 0 Å². The van der Waals surface area contributed by atoms with Crippen molar-refractivity contribution in [3.05, 3.63) is 0 Å². The summed E-state index contributed by atoms with van der Waals surface area (Å²) in [5.41, 5.74) is 0. The van der Waals surface area contributed by atoms with Gasteiger partial charge in [0.25, 0.3) is 0 Å². The van der Waals surface area contributed by atoms with Crippen molar-refractivity contribution in [1.29, 1.82) is 0 Å². The van der Waals surface area contributed by atoms with Gasteiger partial charge in [0.1, 0.15) is 0 Å². The molecule has 0 rings (SSSR count). The lowest BCUT2D eigenvalue weighted by molar-refractivity contribution is 1.50. The predicted octanol–water partition coefficient (Wildman–Crippen LogP) is 9.83. The maximum absolute atomic E-state index is 2.00. The summed E-state index contributed by atoms with van der Waals surface area (Å²) in [6, 6.07) is 0. The molecular formula is C17H60. The van der Waals surface area contributed by atoms with Crippen LogP contribution in [0.15, 0.2) is 0 Å². The first-order valence-corrected chi connectivity index (χ1v) is 4.00. The molecule has 0 aliphatic rings. The van der Waals surface area contributed by atoms with E-state index in [4.69, 9.17) is 0 Å². The Morgan fingerprint density at radius 2 is 0.176 bits per heavy atom. The Balaban J connectivity index is -0.000000000970. The zero-order valence-electron chi connectivity index (χ0n) is 8.00. The second-order valence-electron chi connectivity index (χ2n) is 0. The molecule has 0 saturated heterocycles. The molecule has 0 aromatic rings. The van der Waals surface area contributed by atoms with Gasteiger partial charge in [-0.1, -0.05) is 122 Å². The summed E-state index contributed by atoms with van der Waals surface area (Å²) in [4.78, 5) is 0. The van der Waals surface area contributed by atoms with Crippen molar-refractivity contribution >= 4 is 0 Å². The van der Waals surface area contributed by atoms with E-state index < -0.39 is 0 Å². The van der Waals surface area contributed by atoms with Gasteiger partial charge in [-0.05, 0) is 0 Å². The molecule has 0 aliphatic carbocycles. The Labute approximate surface area is 123 Å². The molecule has 0 unspecified atom stereocenters. The van der Waals surface area contributed by atoms with Gasteiger partial charge in [0.15, 0.2) is 0 Å². The molecule has 0 radical (unpaired) electrons. The van der Waals surface area contributed by atoms with Crippen molar-refractivity contribution in [2.45, 2.75) is 122 Å². The molecule has 128 valence electrons. The maximum atomic E-state index is 2.00. The van der Waals surface area contributed by atoms with Crippen LogP contribution in [0.2, 0.25) is 0 Å². The number of rotatable bonds is 0. The van der Waals surface area contributed by atoms with Crippen LogP contribution >= 0.6 is 0 Å². The highest BCUT2D eigenvalue weighted by Crippen LogP contribution is 1.15. The van der Waals surface area contributed by atoms with Crippen LogP contribution < -0.4 is 0 Å². The first-order chi connectivity index (χ1) is 4.00. The fourth-order valence-electron chi connectivity index (χ4n) is 0. The van der Waals surface area contributed by atoms with Crippen molar-refractivity contribution in [3.63, 3.8) is 0 Å². The Morgan fingerprint density at radius 3 is 0.176 bits per heavy atom. The summed E-state index contributed by atoms with van der Waals surface area (Å²) < 4.78 is 0. The molecule has 0 bridgehead atoms. The molecule has 0 spiro atoms. The molecule has 0 fully saturated rings. The highest BCUT2D eigenvalue weighted by Gasteiger charge is 0.938. The Morgan fingerprint density at radius 1 is 0.176 bits per heavy atom. The van der Waals surface area contributed by atoms with Crippen LogP contribution in [0.1, 0.15) is 122 Å². The molecule has 0 heteroatoms. The standard InChI is InChI=1S/4C2H6.9CH4/c4*1-2;;;;;;;;;/h4*1-2H3;9*1H4. The Hall–Kier alpha value is 0. The molecule has 0 aromatic heterocycles. The minimum atomic E-state index is 0. The summed E-state index contributed by atoms with van der Waals surface area (Å²) >= 11 is 0. The molecule has 0 aliphatic heterocycles. The lowest BCUT2D eigenvalue weighted by atomic mass is 11.0. The van der Waals surface area contributed by atoms with E-state index in [0.29, 0.717) is 0 Å². The van der Waals surface area contributed by atoms with Crippen molar-refractivity contribution in [3.8, 4) is 0 Å². The van der Waals surface area contributed by atoms with Gasteiger partial charge < -0.3 is 0 Å². The van der Waals surface area contributed by atoms with Gasteiger partial charge >= 0.3 is 0 Å². The minimum Gasteiger partial charge on any atom is -0.0776 e. The van der Waals surface area contributed by atoms with Gasteiger partial charge in [-0.2, -0.15) is 0 Å². The van der Waals surface area contributed by atoms with E-state index in [2.05, 4.69) is 0 Å². The van der Waals surface area contributed by atoms with Gasteiger partial charge in [-0.25, -0.2) is 0 Å². The summed E-state index contributed by atoms with van der Waals surface area (Å²) in [7, 11) is 0. The van der Waals surface area contributed by atoms with E-state index in [1.54, 1.807) is 0 Å². The molecule has 0 N–H and O–H groups in total. The lowest BCUT2D eigenvalue weighted by Crippen LogP contribution is -0.856. The SMILES string of the molecule is C.C.C.C.C.C.C.C.C.CC.CC.CC.CC. The topological polar surface area (TPSA) is 0 Å². The maximum Gasteiger partial charge on any atom is -0.0683 e. The van der Waals surface area contributed by atoms with Crippen LogP contribution in [0.4, 0.5) is 0 Å². The van der Waals surface area contributed by atoms with E-state index in [9.17, 15) is 0 Å². The fraction of sp³-hybridized carbons (Fsp3) is 1.00. The third-order valence-corrected chi connectivity index (χ3v) is 0. The highest BCUT2D eigenvalue weighted by molar-refractivity contribution is 3.51. The molecule has 0 nitrogen and oxygen atoms in total. The molecule has 0 aromatic carbocycles. The summed E-state index contributed by atoms with van der Waals surface area (Å²) in [5, 5.41) is 0. The Bertz CT molecular complexity index is 0. The minimum absolute atomic E-state index is 0. The number of hydrogen-bond donors (Lipinski definition) is 0. The van der Waals surface area contributed by atoms with Gasteiger partial charge in [-0.3, -0.25) is 0 Å². The Kier molecular flexibility index (Phi) is 0. The lowest BCUT2D eigenvalue weighted by Gasteiger charge is -1.07. The molecular weight excluding hydrogens is 204 g/mol. The van der Waals surface area contributed by atoms with Crippen molar-refractivity contribution < 1.29 is 0 Å². The van der Waals surface area contributed by atoms with Crippen LogP contribution in [0.5, 0.6) is 0 Å². The second-order valence-corrected chi connectivity index (χ2v) is 0. The average molecular weight is 265 g/mol. The van der Waals surface area contributed by atoms with E-state index >= 15 is 0 Å². The highest BCUT2D eigenvalue weighted by atomic mass is 13.0. The third kappa shape index (κ3) is 0.